The van der Waals surface area contributed by atoms with Crippen molar-refractivity contribution in [2.24, 2.45) is 0 Å². The Morgan fingerprint density at radius 3 is 2.69 bits per heavy atom. The molecule has 0 atom stereocenters. The van der Waals surface area contributed by atoms with Gasteiger partial charge in [-0.25, -0.2) is 4.98 Å². The normalized spacial score (nSPS) is 11.6. The van der Waals surface area contributed by atoms with Crippen molar-refractivity contribution >= 4 is 55.2 Å². The number of likely N-dealkylation sites (N-methyl/N-ethyl adjacent to an activating group) is 1. The molecule has 7 heteroatoms. The monoisotopic (exact) mass is 472 g/mol. The average Bonchev–Trinajstić information content (AvgIpc) is 3.17. The first-order valence-electron chi connectivity index (χ1n) is 9.63. The molecule has 0 aliphatic heterocycles. The summed E-state index contributed by atoms with van der Waals surface area (Å²) < 4.78 is 2.06. The van der Waals surface area contributed by atoms with E-state index < -0.39 is 0 Å². The fourth-order valence-electron chi connectivity index (χ4n) is 3.15. The van der Waals surface area contributed by atoms with E-state index in [1.54, 1.807) is 23.6 Å². The van der Waals surface area contributed by atoms with Crippen molar-refractivity contribution in [2.45, 2.75) is 13.8 Å². The van der Waals surface area contributed by atoms with Crippen LogP contribution in [0.3, 0.4) is 0 Å². The van der Waals surface area contributed by atoms with Crippen LogP contribution in [0.1, 0.15) is 19.4 Å². The first-order valence-corrected chi connectivity index (χ1v) is 11.3. The summed E-state index contributed by atoms with van der Waals surface area (Å²) >= 11 is 5.08. The lowest BCUT2D eigenvalue weighted by Gasteiger charge is -2.17. The number of carbonyl (C=O) groups is 1. The maximum Gasteiger partial charge on any atom is 0.244 e. The molecule has 1 aromatic carbocycles. The van der Waals surface area contributed by atoms with Crippen LogP contribution >= 0.6 is 27.3 Å². The number of rotatable bonds is 8. The molecule has 0 unspecified atom stereocenters. The number of nitrogens with two attached hydrogens (primary N) is 1. The van der Waals surface area contributed by atoms with Gasteiger partial charge in [0.2, 0.25) is 5.91 Å². The lowest BCUT2D eigenvalue weighted by atomic mass is 10.0. The summed E-state index contributed by atoms with van der Waals surface area (Å²) in [5.74, 6) is 0.395. The first kappa shape index (κ1) is 21.5. The fraction of sp³-hybridized carbons (Fsp3) is 0.273. The number of nitrogens with one attached hydrogen (secondary N) is 1. The van der Waals surface area contributed by atoms with Gasteiger partial charge in [-0.3, -0.25) is 4.79 Å². The maximum atomic E-state index is 12.2. The molecule has 0 saturated heterocycles. The van der Waals surface area contributed by atoms with E-state index in [-0.39, 0.29) is 5.91 Å². The SMILES string of the molecule is CCN(CC)CCNC(=O)/C=C/c1cnc(N)c2c(-c3ccc(Br)cc3)csc12. The molecule has 2 aromatic heterocycles. The Morgan fingerprint density at radius 2 is 2.00 bits per heavy atom. The van der Waals surface area contributed by atoms with Crippen LogP contribution in [-0.2, 0) is 4.79 Å². The second-order valence-electron chi connectivity index (χ2n) is 6.61. The van der Waals surface area contributed by atoms with Gasteiger partial charge in [-0.2, -0.15) is 0 Å². The van der Waals surface area contributed by atoms with Crippen LogP contribution in [0.25, 0.3) is 27.3 Å². The summed E-state index contributed by atoms with van der Waals surface area (Å²) in [5, 5.41) is 5.96. The zero-order chi connectivity index (χ0) is 20.8. The second-order valence-corrected chi connectivity index (χ2v) is 8.41. The standard InChI is InChI=1S/C22H25BrN4OS/c1-3-27(4-2)12-11-25-19(28)10-7-16-13-26-22(24)20-18(14-29-21(16)20)15-5-8-17(23)9-6-15/h5-10,13-14H,3-4,11-12H2,1-2H3,(H2,24,26)(H,25,28)/b10-7+. The summed E-state index contributed by atoms with van der Waals surface area (Å²) in [6.07, 6.45) is 5.09. The summed E-state index contributed by atoms with van der Waals surface area (Å²) in [4.78, 5) is 18.8. The molecule has 3 N–H and O–H groups in total. The van der Waals surface area contributed by atoms with Crippen molar-refractivity contribution < 1.29 is 4.79 Å². The van der Waals surface area contributed by atoms with Crippen molar-refractivity contribution in [1.29, 1.82) is 0 Å². The number of hydrogen-bond acceptors (Lipinski definition) is 5. The van der Waals surface area contributed by atoms with Crippen LogP contribution < -0.4 is 11.1 Å². The lowest BCUT2D eigenvalue weighted by Crippen LogP contribution is -2.34. The van der Waals surface area contributed by atoms with Crippen LogP contribution in [0.5, 0.6) is 0 Å². The number of benzene rings is 1. The Hall–Kier alpha value is -2.22. The Labute approximate surface area is 183 Å². The zero-order valence-electron chi connectivity index (χ0n) is 16.6. The molecular formula is C22H25BrN4OS. The van der Waals surface area contributed by atoms with Crippen molar-refractivity contribution in [3.63, 3.8) is 0 Å². The number of amides is 1. The lowest BCUT2D eigenvalue weighted by molar-refractivity contribution is -0.116. The molecular weight excluding hydrogens is 448 g/mol. The molecule has 0 aliphatic carbocycles. The van der Waals surface area contributed by atoms with Crippen LogP contribution in [0.15, 0.2) is 46.4 Å². The largest absolute Gasteiger partial charge is 0.383 e. The smallest absolute Gasteiger partial charge is 0.244 e. The molecule has 0 spiro atoms. The van der Waals surface area contributed by atoms with Crippen LogP contribution in [0, 0.1) is 0 Å². The third-order valence-electron chi connectivity index (χ3n) is 4.84. The van der Waals surface area contributed by atoms with Gasteiger partial charge < -0.3 is 16.0 Å². The van der Waals surface area contributed by atoms with Crippen molar-refractivity contribution in [2.75, 3.05) is 31.9 Å². The van der Waals surface area contributed by atoms with E-state index in [0.717, 1.165) is 50.9 Å². The number of thiophene rings is 1. The summed E-state index contributed by atoms with van der Waals surface area (Å²) in [5.41, 5.74) is 9.23. The van der Waals surface area contributed by atoms with Gasteiger partial charge in [-0.05, 0) is 42.2 Å². The second kappa shape index (κ2) is 10.0. The molecule has 0 fully saturated rings. The minimum absolute atomic E-state index is 0.105. The summed E-state index contributed by atoms with van der Waals surface area (Å²) in [7, 11) is 0. The van der Waals surface area contributed by atoms with E-state index >= 15 is 0 Å². The van der Waals surface area contributed by atoms with Crippen LogP contribution in [0.4, 0.5) is 5.82 Å². The molecule has 29 heavy (non-hydrogen) atoms. The molecule has 0 bridgehead atoms. The van der Waals surface area contributed by atoms with Crippen molar-refractivity contribution in [3.05, 3.63) is 52.0 Å². The number of nitrogens with zero attached hydrogens (tertiary/aromatic N) is 2. The van der Waals surface area contributed by atoms with E-state index in [9.17, 15) is 4.79 Å². The third kappa shape index (κ3) is 5.23. The molecule has 0 aliphatic rings. The highest BCUT2D eigenvalue weighted by Crippen LogP contribution is 2.39. The number of nitrogen functional groups attached to an aromatic ring is 1. The fourth-order valence-corrected chi connectivity index (χ4v) is 4.49. The minimum atomic E-state index is -0.105. The average molecular weight is 473 g/mol. The Balaban J connectivity index is 1.78. The molecule has 3 rings (SSSR count). The minimum Gasteiger partial charge on any atom is -0.383 e. The van der Waals surface area contributed by atoms with E-state index in [2.05, 4.69) is 62.5 Å². The van der Waals surface area contributed by atoms with E-state index in [1.165, 1.54) is 0 Å². The highest BCUT2D eigenvalue weighted by Gasteiger charge is 2.13. The van der Waals surface area contributed by atoms with Gasteiger partial charge in [-0.15, -0.1) is 11.3 Å². The molecule has 0 saturated carbocycles. The first-order chi connectivity index (χ1) is 14.0. The summed E-state index contributed by atoms with van der Waals surface area (Å²) in [6, 6.07) is 8.12. The van der Waals surface area contributed by atoms with Gasteiger partial charge in [0, 0.05) is 51.0 Å². The molecule has 152 valence electrons. The van der Waals surface area contributed by atoms with Gasteiger partial charge in [0.05, 0.1) is 0 Å². The van der Waals surface area contributed by atoms with Crippen molar-refractivity contribution in [1.82, 2.24) is 15.2 Å². The number of anilines is 1. The number of carbonyl (C=O) groups excluding carboxylic acids is 1. The topological polar surface area (TPSA) is 71.2 Å². The highest BCUT2D eigenvalue weighted by atomic mass is 79.9. The van der Waals surface area contributed by atoms with Crippen LogP contribution in [-0.4, -0.2) is 42.0 Å². The summed E-state index contributed by atoms with van der Waals surface area (Å²) in [6.45, 7) is 7.68. The molecule has 0 radical (unpaired) electrons. The molecule has 3 aromatic rings. The van der Waals surface area contributed by atoms with Crippen LogP contribution in [0.2, 0.25) is 0 Å². The van der Waals surface area contributed by atoms with E-state index in [1.807, 2.05) is 18.2 Å². The number of aromatic nitrogens is 1. The van der Waals surface area contributed by atoms with E-state index in [0.29, 0.717) is 12.4 Å². The van der Waals surface area contributed by atoms with Gasteiger partial charge >= 0.3 is 0 Å². The highest BCUT2D eigenvalue weighted by molar-refractivity contribution is 9.10. The van der Waals surface area contributed by atoms with Gasteiger partial charge in [0.1, 0.15) is 5.82 Å². The predicted octanol–water partition coefficient (Wildman–Crippen LogP) is 4.78. The molecule has 5 nitrogen and oxygen atoms in total. The quantitative estimate of drug-likeness (QED) is 0.462. The Kier molecular flexibility index (Phi) is 7.41. The van der Waals surface area contributed by atoms with Gasteiger partial charge in [0.25, 0.3) is 0 Å². The zero-order valence-corrected chi connectivity index (χ0v) is 19.0. The Bertz CT molecular complexity index is 1010. The Morgan fingerprint density at radius 1 is 1.28 bits per heavy atom. The number of hydrogen-bond donors (Lipinski definition) is 2. The van der Waals surface area contributed by atoms with Gasteiger partial charge in [-0.1, -0.05) is 41.9 Å². The molecule has 1 amide bonds. The number of halogens is 1. The molecule has 2 heterocycles. The maximum absolute atomic E-state index is 12.2. The number of fused-ring (bicyclic) bond motifs is 1. The predicted molar refractivity (Wildman–Crippen MR) is 127 cm³/mol. The van der Waals surface area contributed by atoms with Crippen molar-refractivity contribution in [3.8, 4) is 11.1 Å². The van der Waals surface area contributed by atoms with E-state index in [4.69, 9.17) is 5.73 Å². The number of pyridine rings is 1. The third-order valence-corrected chi connectivity index (χ3v) is 6.40. The van der Waals surface area contributed by atoms with Gasteiger partial charge in [0.15, 0.2) is 0 Å².